The van der Waals surface area contributed by atoms with Crippen LogP contribution in [-0.4, -0.2) is 36.9 Å². The Bertz CT molecular complexity index is 2820. The molecule has 2 saturated carbocycles. The minimum atomic E-state index is -0.935. The number of nitrogens with zero attached hydrogens (tertiary/aromatic N) is 3. The van der Waals surface area contributed by atoms with Crippen LogP contribution in [0.3, 0.4) is 0 Å². The van der Waals surface area contributed by atoms with E-state index in [2.05, 4.69) is 154 Å². The van der Waals surface area contributed by atoms with Crippen molar-refractivity contribution in [1.82, 2.24) is 4.57 Å². The van der Waals surface area contributed by atoms with E-state index in [0.29, 0.717) is 0 Å². The second-order valence-electron chi connectivity index (χ2n) is 20.9. The molecular weight excluding hydrogens is 705 g/mol. The highest BCUT2D eigenvalue weighted by atomic mass is 28.2. The normalized spacial score (nSPS) is 27.7. The van der Waals surface area contributed by atoms with E-state index in [9.17, 15) is 0 Å². The highest BCUT2D eigenvalue weighted by molar-refractivity contribution is 7.00. The number of hydrogen-bond donors (Lipinski definition) is 0. The van der Waals surface area contributed by atoms with Crippen molar-refractivity contribution in [1.29, 1.82) is 0 Å². The van der Waals surface area contributed by atoms with Gasteiger partial charge in [-0.1, -0.05) is 128 Å². The molecule has 0 amide bonds. The summed E-state index contributed by atoms with van der Waals surface area (Å²) in [6, 6.07) is 34.5. The SMILES string of the molecule is C=[Si](C)c1cc2c3c(c1)C1(C)CCCCC1(C)N3c1cc(N3c4ccc(C(C)(C)C)cc4C4(C)CCCCC34C)cc3c1B2c1cccc2c4ccccc4n-3c12. The third-order valence-electron chi connectivity index (χ3n) is 17.2. The highest BCUT2D eigenvalue weighted by Gasteiger charge is 2.62. The fraction of sp³-hybridized carbons (Fsp3) is 0.404. The zero-order chi connectivity index (χ0) is 39.2. The predicted octanol–water partition coefficient (Wildman–Crippen LogP) is 10.1. The summed E-state index contributed by atoms with van der Waals surface area (Å²) >= 11 is 0. The Morgan fingerprint density at radius 3 is 2.05 bits per heavy atom. The molecule has 0 N–H and O–H groups in total. The number of benzene rings is 5. The van der Waals surface area contributed by atoms with Gasteiger partial charge in [-0.05, 0) is 107 Å². The minimum Gasteiger partial charge on any atom is -0.335 e. The number of fused-ring (bicyclic) bond motifs is 13. The van der Waals surface area contributed by atoms with Crippen molar-refractivity contribution in [2.75, 3.05) is 9.80 Å². The van der Waals surface area contributed by atoms with Gasteiger partial charge in [-0.15, -0.1) is 6.17 Å². The Hall–Kier alpha value is -4.35. The van der Waals surface area contributed by atoms with Crippen LogP contribution < -0.4 is 31.4 Å². The molecule has 5 heterocycles. The molecular formula is C52H56BN3Si. The van der Waals surface area contributed by atoms with Crippen LogP contribution in [0.1, 0.15) is 117 Å². The van der Waals surface area contributed by atoms with Gasteiger partial charge in [0.1, 0.15) is 0 Å². The molecule has 12 rings (SSSR count). The van der Waals surface area contributed by atoms with Crippen molar-refractivity contribution < 1.29 is 0 Å². The largest absolute Gasteiger partial charge is 0.335 e. The zero-order valence-corrected chi connectivity index (χ0v) is 36.4. The first-order valence-electron chi connectivity index (χ1n) is 22.0. The monoisotopic (exact) mass is 761 g/mol. The van der Waals surface area contributed by atoms with Crippen LogP contribution >= 0.6 is 0 Å². The lowest BCUT2D eigenvalue weighted by Gasteiger charge is -2.53. The van der Waals surface area contributed by atoms with E-state index in [1.807, 2.05) is 0 Å². The van der Waals surface area contributed by atoms with Crippen molar-refractivity contribution in [3.05, 3.63) is 102 Å². The Morgan fingerprint density at radius 1 is 0.649 bits per heavy atom. The molecule has 57 heavy (non-hydrogen) atoms. The number of aromatic nitrogens is 1. The minimum absolute atomic E-state index is 0.0288. The van der Waals surface area contributed by atoms with Gasteiger partial charge in [0, 0.05) is 64.0 Å². The number of hydrogen-bond acceptors (Lipinski definition) is 2. The Morgan fingerprint density at radius 2 is 1.32 bits per heavy atom. The molecule has 1 aromatic heterocycles. The van der Waals surface area contributed by atoms with Gasteiger partial charge in [0.05, 0.1) is 16.6 Å². The molecule has 4 aliphatic heterocycles. The van der Waals surface area contributed by atoms with Crippen molar-refractivity contribution in [2.24, 2.45) is 0 Å². The fourth-order valence-electron chi connectivity index (χ4n) is 13.7. The lowest BCUT2D eigenvalue weighted by atomic mass is 9.33. The van der Waals surface area contributed by atoms with E-state index < -0.39 is 8.41 Å². The number of anilines is 4. The number of rotatable bonds is 2. The Labute approximate surface area is 341 Å². The smallest absolute Gasteiger partial charge is 0.252 e. The second kappa shape index (κ2) is 10.8. The van der Waals surface area contributed by atoms with Gasteiger partial charge < -0.3 is 14.4 Å². The molecule has 3 nitrogen and oxygen atoms in total. The topological polar surface area (TPSA) is 11.4 Å². The molecule has 0 bridgehead atoms. The standard InChI is InChI=1S/C52H56BN3Si/c1-48(2,3)32-21-22-42-37(27-32)49(4)23-12-14-25-51(49,6)55(42)33-28-43-45-44(29-33)56-47-38(50(5)24-13-15-26-52(50,56)7)30-34(57(8)9)31-40(47)53(45)39-19-16-18-36-35-17-10-11-20-41(35)54(43)46(36)39/h10-11,16-22,27-31H,8,12-15,23-26H2,1-7,9H3. The van der Waals surface area contributed by atoms with E-state index in [4.69, 9.17) is 6.17 Å². The second-order valence-corrected chi connectivity index (χ2v) is 23.1. The molecule has 0 radical (unpaired) electrons. The summed E-state index contributed by atoms with van der Waals surface area (Å²) in [6.07, 6.45) is 14.7. The summed E-state index contributed by atoms with van der Waals surface area (Å²) in [5, 5.41) is 4.20. The van der Waals surface area contributed by atoms with Gasteiger partial charge in [0.15, 0.2) is 0 Å². The first-order valence-corrected chi connectivity index (χ1v) is 24.2. The summed E-state index contributed by atoms with van der Waals surface area (Å²) in [5.74, 6) is 0. The molecule has 5 heteroatoms. The van der Waals surface area contributed by atoms with Crippen LogP contribution in [-0.2, 0) is 16.2 Å². The average Bonchev–Trinajstić information content (AvgIpc) is 3.71. The first-order chi connectivity index (χ1) is 27.2. The molecule has 2 aliphatic carbocycles. The van der Waals surface area contributed by atoms with Crippen molar-refractivity contribution in [2.45, 2.75) is 134 Å². The zero-order valence-electron chi connectivity index (χ0n) is 35.4. The fourth-order valence-corrected chi connectivity index (χ4v) is 14.5. The van der Waals surface area contributed by atoms with Crippen molar-refractivity contribution in [3.63, 3.8) is 0 Å². The molecule has 2 fully saturated rings. The average molecular weight is 762 g/mol. The van der Waals surface area contributed by atoms with Gasteiger partial charge in [0.25, 0.3) is 6.71 Å². The highest BCUT2D eigenvalue weighted by Crippen LogP contribution is 2.64. The van der Waals surface area contributed by atoms with E-state index in [0.717, 1.165) is 0 Å². The van der Waals surface area contributed by atoms with Gasteiger partial charge in [-0.3, -0.25) is 0 Å². The molecule has 4 atom stereocenters. The lowest BCUT2D eigenvalue weighted by Crippen LogP contribution is -2.64. The number of para-hydroxylation sites is 2. The van der Waals surface area contributed by atoms with Crippen LogP contribution in [0.2, 0.25) is 6.55 Å². The predicted molar refractivity (Wildman–Crippen MR) is 248 cm³/mol. The van der Waals surface area contributed by atoms with Crippen LogP contribution in [0.15, 0.2) is 84.9 Å². The van der Waals surface area contributed by atoms with Gasteiger partial charge >= 0.3 is 0 Å². The van der Waals surface area contributed by atoms with Crippen molar-refractivity contribution in [3.8, 4) is 5.69 Å². The van der Waals surface area contributed by atoms with Gasteiger partial charge in [-0.2, -0.15) is 0 Å². The van der Waals surface area contributed by atoms with E-state index in [1.54, 1.807) is 11.1 Å². The van der Waals surface area contributed by atoms with E-state index >= 15 is 0 Å². The maximum absolute atomic E-state index is 4.74. The Balaban J connectivity index is 1.23. The van der Waals surface area contributed by atoms with E-state index in [1.165, 1.54) is 129 Å². The van der Waals surface area contributed by atoms with Gasteiger partial charge in [0.2, 0.25) is 0 Å². The van der Waals surface area contributed by atoms with Crippen LogP contribution in [0, 0.1) is 0 Å². The van der Waals surface area contributed by atoms with Crippen LogP contribution in [0.5, 0.6) is 0 Å². The maximum atomic E-state index is 4.74. The first kappa shape index (κ1) is 34.7. The summed E-state index contributed by atoms with van der Waals surface area (Å²) in [7, 11) is -0.935. The van der Waals surface area contributed by atoms with Crippen LogP contribution in [0.4, 0.5) is 22.7 Å². The molecule has 0 spiro atoms. The maximum Gasteiger partial charge on any atom is 0.252 e. The third kappa shape index (κ3) is 3.95. The summed E-state index contributed by atoms with van der Waals surface area (Å²) in [6.45, 7) is 20.2. The lowest BCUT2D eigenvalue weighted by molar-refractivity contribution is 0.194. The third-order valence-corrected chi connectivity index (χ3v) is 18.5. The molecule has 0 saturated heterocycles. The van der Waals surface area contributed by atoms with Gasteiger partial charge in [-0.25, -0.2) is 0 Å². The summed E-state index contributed by atoms with van der Waals surface area (Å²) in [4.78, 5) is 5.79. The quantitative estimate of drug-likeness (QED) is 0.163. The molecule has 6 aliphatic rings. The van der Waals surface area contributed by atoms with Crippen molar-refractivity contribution >= 4 is 87.4 Å². The molecule has 4 unspecified atom stereocenters. The molecule has 5 aromatic carbocycles. The Kier molecular flexibility index (Phi) is 6.58. The van der Waals surface area contributed by atoms with E-state index in [-0.39, 0.29) is 34.0 Å². The molecule has 6 aromatic rings. The van der Waals surface area contributed by atoms with Crippen LogP contribution in [0.25, 0.3) is 27.5 Å². The summed E-state index contributed by atoms with van der Waals surface area (Å²) in [5.41, 5.74) is 19.0. The summed E-state index contributed by atoms with van der Waals surface area (Å²) < 4.78 is 2.69. The molecule has 286 valence electrons.